The molecule has 0 fully saturated rings. The van der Waals surface area contributed by atoms with Crippen LogP contribution in [0.3, 0.4) is 0 Å². The molecular formula is C8H17NaO4S. The van der Waals surface area contributed by atoms with Crippen LogP contribution in [0.15, 0.2) is 0 Å². The molecule has 0 aliphatic rings. The van der Waals surface area contributed by atoms with Gasteiger partial charge in [-0.25, -0.2) is 8.42 Å². The van der Waals surface area contributed by atoms with Gasteiger partial charge in [0.2, 0.25) is 10.4 Å². The molecule has 6 heteroatoms. The van der Waals surface area contributed by atoms with Crippen LogP contribution in [0.25, 0.3) is 0 Å². The summed E-state index contributed by atoms with van der Waals surface area (Å²) in [5.74, 6) is 0. The van der Waals surface area contributed by atoms with Gasteiger partial charge < -0.3 is 4.55 Å². The summed E-state index contributed by atoms with van der Waals surface area (Å²) >= 11 is 0. The van der Waals surface area contributed by atoms with Crippen LogP contribution in [-0.2, 0) is 14.6 Å². The molecule has 0 N–H and O–H groups in total. The average molecular weight is 232 g/mol. The summed E-state index contributed by atoms with van der Waals surface area (Å²) in [5.41, 5.74) is 0. The van der Waals surface area contributed by atoms with Crippen LogP contribution in [0.2, 0.25) is 0 Å². The van der Waals surface area contributed by atoms with E-state index in [1.165, 1.54) is 0 Å². The molecule has 0 aromatic carbocycles. The zero-order valence-corrected chi connectivity index (χ0v) is 12.0. The predicted octanol–water partition coefficient (Wildman–Crippen LogP) is -1.17. The van der Waals surface area contributed by atoms with E-state index in [4.69, 9.17) is 0 Å². The first-order chi connectivity index (χ1) is 5.95. The SMILES string of the molecule is CCCCCC[C@@H](C)OS(=O)(=O)[O-].[Na+]. The van der Waals surface area contributed by atoms with Gasteiger partial charge in [-0.15, -0.1) is 0 Å². The number of hydrogen-bond acceptors (Lipinski definition) is 4. The molecule has 0 aliphatic carbocycles. The van der Waals surface area contributed by atoms with Gasteiger partial charge in [0, 0.05) is 0 Å². The van der Waals surface area contributed by atoms with E-state index < -0.39 is 16.5 Å². The van der Waals surface area contributed by atoms with Gasteiger partial charge in [-0.3, -0.25) is 4.18 Å². The molecule has 14 heavy (non-hydrogen) atoms. The van der Waals surface area contributed by atoms with Gasteiger partial charge in [0.15, 0.2) is 0 Å². The van der Waals surface area contributed by atoms with Crippen LogP contribution in [0.1, 0.15) is 46.0 Å². The largest absolute Gasteiger partial charge is 1.00 e. The monoisotopic (exact) mass is 232 g/mol. The molecule has 0 bridgehead atoms. The summed E-state index contributed by atoms with van der Waals surface area (Å²) in [6.07, 6.45) is 4.38. The molecule has 0 saturated heterocycles. The Kier molecular flexibility index (Phi) is 11.3. The molecule has 0 saturated carbocycles. The Hall–Kier alpha value is 0.870. The van der Waals surface area contributed by atoms with Crippen LogP contribution in [0.4, 0.5) is 0 Å². The average Bonchev–Trinajstić information content (AvgIpc) is 1.94. The van der Waals surface area contributed by atoms with Crippen molar-refractivity contribution in [2.75, 3.05) is 0 Å². The van der Waals surface area contributed by atoms with E-state index in [1.807, 2.05) is 0 Å². The molecule has 0 spiro atoms. The van der Waals surface area contributed by atoms with Crippen molar-refractivity contribution in [3.05, 3.63) is 0 Å². The molecule has 0 aromatic heterocycles. The summed E-state index contributed by atoms with van der Waals surface area (Å²) in [5, 5.41) is 0. The summed E-state index contributed by atoms with van der Waals surface area (Å²) in [6.45, 7) is 3.70. The summed E-state index contributed by atoms with van der Waals surface area (Å²) in [6, 6.07) is 0. The molecular weight excluding hydrogens is 215 g/mol. The Labute approximate surface area is 109 Å². The first kappa shape index (κ1) is 17.3. The molecule has 0 amide bonds. The molecule has 0 radical (unpaired) electrons. The van der Waals surface area contributed by atoms with E-state index in [0.717, 1.165) is 25.7 Å². The summed E-state index contributed by atoms with van der Waals surface area (Å²) in [4.78, 5) is 0. The molecule has 1 atom stereocenters. The van der Waals surface area contributed by atoms with Crippen LogP contribution < -0.4 is 29.6 Å². The summed E-state index contributed by atoms with van der Waals surface area (Å²) in [7, 11) is -4.52. The van der Waals surface area contributed by atoms with Crippen molar-refractivity contribution in [2.24, 2.45) is 0 Å². The van der Waals surface area contributed by atoms with Crippen molar-refractivity contribution >= 4 is 10.4 Å². The maximum absolute atomic E-state index is 10.2. The van der Waals surface area contributed by atoms with E-state index in [-0.39, 0.29) is 29.6 Å². The van der Waals surface area contributed by atoms with Gasteiger partial charge in [0.25, 0.3) is 0 Å². The molecule has 4 nitrogen and oxygen atoms in total. The van der Waals surface area contributed by atoms with Gasteiger partial charge >= 0.3 is 29.6 Å². The topological polar surface area (TPSA) is 66.4 Å². The van der Waals surface area contributed by atoms with Gasteiger partial charge in [-0.1, -0.05) is 32.6 Å². The fourth-order valence-corrected chi connectivity index (χ4v) is 1.61. The van der Waals surface area contributed by atoms with Gasteiger partial charge in [0.05, 0.1) is 6.10 Å². The third-order valence-corrected chi connectivity index (χ3v) is 2.31. The standard InChI is InChI=1S/C8H18O4S.Na/c1-3-4-5-6-7-8(2)12-13(9,10)11;/h8H,3-7H2,1-2H3,(H,9,10,11);/q;+1/p-1/t8-;/m1./s1. The second-order valence-corrected chi connectivity index (χ2v) is 4.17. The zero-order valence-electron chi connectivity index (χ0n) is 9.15. The van der Waals surface area contributed by atoms with Crippen molar-refractivity contribution in [1.82, 2.24) is 0 Å². The Morgan fingerprint density at radius 2 is 1.86 bits per heavy atom. The number of rotatable bonds is 7. The number of unbranched alkanes of at least 4 members (excludes halogenated alkanes) is 3. The van der Waals surface area contributed by atoms with Crippen LogP contribution >= 0.6 is 0 Å². The zero-order chi connectivity index (χ0) is 10.3. The fraction of sp³-hybridized carbons (Fsp3) is 1.00. The third-order valence-electron chi connectivity index (χ3n) is 1.75. The minimum absolute atomic E-state index is 0. The predicted molar refractivity (Wildman–Crippen MR) is 49.0 cm³/mol. The Morgan fingerprint density at radius 3 is 2.29 bits per heavy atom. The normalized spacial score (nSPS) is 13.4. The van der Waals surface area contributed by atoms with Crippen molar-refractivity contribution in [3.8, 4) is 0 Å². The molecule has 80 valence electrons. The van der Waals surface area contributed by atoms with Gasteiger partial charge in [-0.05, 0) is 13.3 Å². The van der Waals surface area contributed by atoms with E-state index in [2.05, 4.69) is 11.1 Å². The first-order valence-corrected chi connectivity index (χ1v) is 5.93. The smallest absolute Gasteiger partial charge is 0.726 e. The second-order valence-electron chi connectivity index (χ2n) is 3.16. The van der Waals surface area contributed by atoms with Crippen molar-refractivity contribution in [3.63, 3.8) is 0 Å². The maximum atomic E-state index is 10.2. The Bertz CT molecular complexity index is 215. The molecule has 0 unspecified atom stereocenters. The van der Waals surface area contributed by atoms with E-state index in [1.54, 1.807) is 6.92 Å². The third kappa shape index (κ3) is 12.9. The van der Waals surface area contributed by atoms with Crippen molar-refractivity contribution < 1.29 is 46.7 Å². The minimum Gasteiger partial charge on any atom is -0.726 e. The second kappa shape index (κ2) is 9.12. The first-order valence-electron chi connectivity index (χ1n) is 4.60. The number of hydrogen-bond donors (Lipinski definition) is 0. The summed E-state index contributed by atoms with van der Waals surface area (Å²) < 4.78 is 34.7. The molecule has 0 heterocycles. The van der Waals surface area contributed by atoms with Crippen LogP contribution in [0, 0.1) is 0 Å². The molecule has 0 aromatic rings. The Morgan fingerprint density at radius 1 is 1.29 bits per heavy atom. The van der Waals surface area contributed by atoms with Crippen molar-refractivity contribution in [1.29, 1.82) is 0 Å². The van der Waals surface area contributed by atoms with Gasteiger partial charge in [0.1, 0.15) is 0 Å². The fourth-order valence-electron chi connectivity index (χ4n) is 1.11. The Balaban J connectivity index is 0. The molecule has 0 rings (SSSR count). The van der Waals surface area contributed by atoms with Crippen molar-refractivity contribution in [2.45, 2.75) is 52.1 Å². The molecule has 0 aliphatic heterocycles. The van der Waals surface area contributed by atoms with Crippen LogP contribution in [-0.4, -0.2) is 19.1 Å². The van der Waals surface area contributed by atoms with E-state index in [0.29, 0.717) is 6.42 Å². The van der Waals surface area contributed by atoms with E-state index >= 15 is 0 Å². The van der Waals surface area contributed by atoms with Crippen LogP contribution in [0.5, 0.6) is 0 Å². The minimum atomic E-state index is -4.52. The quantitative estimate of drug-likeness (QED) is 0.240. The van der Waals surface area contributed by atoms with Gasteiger partial charge in [-0.2, -0.15) is 0 Å². The maximum Gasteiger partial charge on any atom is 1.00 e. The van der Waals surface area contributed by atoms with E-state index in [9.17, 15) is 13.0 Å².